The van der Waals surface area contributed by atoms with Crippen molar-refractivity contribution in [2.45, 2.75) is 18.7 Å². The largest absolute Gasteiger partial charge is 0.461 e. The Labute approximate surface area is 141 Å². The van der Waals surface area contributed by atoms with Gasteiger partial charge in [-0.2, -0.15) is 35.8 Å². The molecule has 0 aliphatic carbocycles. The Hall–Kier alpha value is -2.79. The third-order valence-electron chi connectivity index (χ3n) is 3.18. The third-order valence-corrected chi connectivity index (χ3v) is 3.18. The summed E-state index contributed by atoms with van der Waals surface area (Å²) >= 11 is 0. The minimum atomic E-state index is -4.92. The van der Waals surface area contributed by atoms with Crippen molar-refractivity contribution in [3.8, 4) is 5.75 Å². The topological polar surface area (TPSA) is 58.2 Å². The zero-order chi connectivity index (χ0) is 19.7. The Morgan fingerprint density at radius 1 is 1.19 bits per heavy atom. The molecule has 0 fully saturated rings. The summed E-state index contributed by atoms with van der Waals surface area (Å²) in [6, 6.07) is 4.34. The van der Waals surface area contributed by atoms with Crippen LogP contribution in [0.25, 0.3) is 0 Å². The van der Waals surface area contributed by atoms with Crippen molar-refractivity contribution in [3.05, 3.63) is 41.7 Å². The minimum Gasteiger partial charge on any atom is -0.426 e. The number of aromatic nitrogens is 2. The molecule has 1 aromatic heterocycles. The molecule has 0 radical (unpaired) electrons. The molecule has 0 bridgehead atoms. The van der Waals surface area contributed by atoms with Gasteiger partial charge in [0.05, 0.1) is 17.4 Å². The van der Waals surface area contributed by atoms with Crippen LogP contribution in [0, 0.1) is 0 Å². The van der Waals surface area contributed by atoms with Crippen LogP contribution in [-0.4, -0.2) is 35.7 Å². The second kappa shape index (κ2) is 6.84. The molecule has 0 aliphatic heterocycles. The van der Waals surface area contributed by atoms with Gasteiger partial charge < -0.3 is 9.64 Å². The van der Waals surface area contributed by atoms with Crippen LogP contribution in [0.5, 0.6) is 5.75 Å². The number of alkyl halides is 7. The first kappa shape index (κ1) is 19.5. The Morgan fingerprint density at radius 2 is 1.81 bits per heavy atom. The van der Waals surface area contributed by atoms with Crippen molar-refractivity contribution in [3.63, 3.8) is 0 Å². The first-order valence-corrected chi connectivity index (χ1v) is 6.77. The van der Waals surface area contributed by atoms with Crippen LogP contribution in [0.1, 0.15) is 16.1 Å². The fourth-order valence-electron chi connectivity index (χ4n) is 1.97. The number of benzene rings is 1. The normalized spacial score (nSPS) is 12.3. The minimum absolute atomic E-state index is 0.438. The monoisotopic (exact) mass is 385 g/mol. The van der Waals surface area contributed by atoms with E-state index < -0.39 is 47.3 Å². The van der Waals surface area contributed by atoms with E-state index in [2.05, 4.69) is 9.84 Å². The van der Waals surface area contributed by atoms with Crippen LogP contribution < -0.4 is 9.64 Å². The zero-order valence-electron chi connectivity index (χ0n) is 12.8. The molecule has 1 heterocycles. The highest BCUT2D eigenvalue weighted by Gasteiger charge is 2.45. The molecule has 0 unspecified atom stereocenters. The van der Waals surface area contributed by atoms with Gasteiger partial charge in [0.15, 0.2) is 5.69 Å². The van der Waals surface area contributed by atoms with E-state index in [0.29, 0.717) is 11.1 Å². The molecule has 0 saturated carbocycles. The van der Waals surface area contributed by atoms with Gasteiger partial charge in [0.1, 0.15) is 5.75 Å². The SMILES string of the molecule is CN(C(=O)c1cn[nH]c1C(F)(F)F)c1ccccc1OC(F)(F)C(F)F. The van der Waals surface area contributed by atoms with Crippen LogP contribution >= 0.6 is 0 Å². The number of ether oxygens (including phenoxy) is 1. The van der Waals surface area contributed by atoms with Gasteiger partial charge in [-0.25, -0.2) is 0 Å². The first-order chi connectivity index (χ1) is 11.9. The zero-order valence-corrected chi connectivity index (χ0v) is 12.8. The molecule has 1 amide bonds. The van der Waals surface area contributed by atoms with Crippen LogP contribution in [0.4, 0.5) is 36.4 Å². The van der Waals surface area contributed by atoms with Gasteiger partial charge in [-0.3, -0.25) is 9.89 Å². The van der Waals surface area contributed by atoms with Crippen LogP contribution in [-0.2, 0) is 6.18 Å². The maximum atomic E-state index is 13.1. The van der Waals surface area contributed by atoms with Crippen molar-refractivity contribution in [2.75, 3.05) is 11.9 Å². The van der Waals surface area contributed by atoms with Gasteiger partial charge in [-0.15, -0.1) is 0 Å². The molecule has 26 heavy (non-hydrogen) atoms. The van der Waals surface area contributed by atoms with Gasteiger partial charge in [0, 0.05) is 7.05 Å². The molecule has 5 nitrogen and oxygen atoms in total. The quantitative estimate of drug-likeness (QED) is 0.794. The van der Waals surface area contributed by atoms with Crippen LogP contribution in [0.3, 0.4) is 0 Å². The van der Waals surface area contributed by atoms with E-state index in [9.17, 15) is 35.5 Å². The third kappa shape index (κ3) is 3.89. The predicted molar refractivity (Wildman–Crippen MR) is 74.3 cm³/mol. The van der Waals surface area contributed by atoms with Gasteiger partial charge >= 0.3 is 18.7 Å². The number of nitrogens with one attached hydrogen (secondary N) is 1. The van der Waals surface area contributed by atoms with E-state index in [4.69, 9.17) is 0 Å². The van der Waals surface area contributed by atoms with Gasteiger partial charge in [0.2, 0.25) is 0 Å². The standard InChI is InChI=1S/C14H10F7N3O2/c1-24(11(25)7-6-22-23-10(7)13(17,18)19)8-4-2-3-5-9(8)26-14(20,21)12(15)16/h2-6,12H,1H3,(H,22,23). The summed E-state index contributed by atoms with van der Waals surface area (Å²) in [5, 5.41) is 4.78. The number of amides is 1. The molecule has 2 rings (SSSR count). The number of carbonyl (C=O) groups is 1. The summed E-state index contributed by atoms with van der Waals surface area (Å²) in [6.45, 7) is 0. The highest BCUT2D eigenvalue weighted by Crippen LogP contribution is 2.36. The summed E-state index contributed by atoms with van der Waals surface area (Å²) in [7, 11) is 0.970. The number of anilines is 1. The molecule has 2 aromatic rings. The molecule has 1 N–H and O–H groups in total. The molecule has 12 heteroatoms. The van der Waals surface area contributed by atoms with Crippen molar-refractivity contribution in [1.29, 1.82) is 0 Å². The first-order valence-electron chi connectivity index (χ1n) is 6.77. The summed E-state index contributed by atoms with van der Waals surface area (Å²) < 4.78 is 93.4. The van der Waals surface area contributed by atoms with Crippen molar-refractivity contribution >= 4 is 11.6 Å². The average Bonchev–Trinajstić information content (AvgIpc) is 3.03. The van der Waals surface area contributed by atoms with E-state index in [0.717, 1.165) is 25.2 Å². The highest BCUT2D eigenvalue weighted by molar-refractivity contribution is 6.07. The van der Waals surface area contributed by atoms with Gasteiger partial charge in [0.25, 0.3) is 5.91 Å². The summed E-state index contributed by atoms with van der Waals surface area (Å²) in [6.07, 6.45) is -13.3. The lowest BCUT2D eigenvalue weighted by molar-refractivity contribution is -0.253. The van der Waals surface area contributed by atoms with Crippen LogP contribution in [0.2, 0.25) is 0 Å². The lowest BCUT2D eigenvalue weighted by Gasteiger charge is -2.23. The Balaban J connectivity index is 2.38. The highest BCUT2D eigenvalue weighted by atomic mass is 19.4. The molecular formula is C14H10F7N3O2. The molecule has 142 valence electrons. The smallest absolute Gasteiger partial charge is 0.426 e. The van der Waals surface area contributed by atoms with E-state index in [1.165, 1.54) is 6.07 Å². The number of rotatable bonds is 5. The van der Waals surface area contributed by atoms with Crippen molar-refractivity contribution < 1.29 is 40.3 Å². The number of carbonyl (C=O) groups excluding carboxylic acids is 1. The average molecular weight is 385 g/mol. The summed E-state index contributed by atoms with van der Waals surface area (Å²) in [5.74, 6) is -2.08. The van der Waals surface area contributed by atoms with E-state index in [1.54, 1.807) is 5.10 Å². The second-order valence-corrected chi connectivity index (χ2v) is 4.95. The molecule has 1 aromatic carbocycles. The van der Waals surface area contributed by atoms with Crippen LogP contribution in [0.15, 0.2) is 30.5 Å². The van der Waals surface area contributed by atoms with Crippen molar-refractivity contribution in [1.82, 2.24) is 10.2 Å². The molecular weight excluding hydrogens is 375 g/mol. The molecule has 0 atom stereocenters. The number of nitrogens with zero attached hydrogens (tertiary/aromatic N) is 2. The Morgan fingerprint density at radius 3 is 2.38 bits per heavy atom. The maximum Gasteiger partial charge on any atom is 0.461 e. The number of para-hydroxylation sites is 2. The Kier molecular flexibility index (Phi) is 5.14. The number of H-pyrrole nitrogens is 1. The van der Waals surface area contributed by atoms with Gasteiger partial charge in [-0.05, 0) is 12.1 Å². The number of hydrogen-bond donors (Lipinski definition) is 1. The second-order valence-electron chi connectivity index (χ2n) is 4.95. The number of halogens is 7. The summed E-state index contributed by atoms with van der Waals surface area (Å²) in [5.41, 5.74) is -2.76. The number of hydrogen-bond acceptors (Lipinski definition) is 3. The summed E-state index contributed by atoms with van der Waals surface area (Å²) in [4.78, 5) is 12.9. The lowest BCUT2D eigenvalue weighted by atomic mass is 10.2. The lowest BCUT2D eigenvalue weighted by Crippen LogP contribution is -2.35. The predicted octanol–water partition coefficient (Wildman–Crippen LogP) is 3.94. The fourth-order valence-corrected chi connectivity index (χ4v) is 1.97. The van der Waals surface area contributed by atoms with E-state index in [1.807, 2.05) is 0 Å². The van der Waals surface area contributed by atoms with E-state index in [-0.39, 0.29) is 0 Å². The molecule has 0 aliphatic rings. The number of aromatic amines is 1. The fraction of sp³-hybridized carbons (Fsp3) is 0.286. The molecule has 0 spiro atoms. The van der Waals surface area contributed by atoms with Gasteiger partial charge in [-0.1, -0.05) is 12.1 Å². The van der Waals surface area contributed by atoms with Crippen molar-refractivity contribution in [2.24, 2.45) is 0 Å². The maximum absolute atomic E-state index is 13.1. The Bertz CT molecular complexity index is 789. The van der Waals surface area contributed by atoms with E-state index >= 15 is 0 Å². The molecule has 0 saturated heterocycles.